The average Bonchev–Trinajstić information content (AvgIpc) is 2.38. The molecule has 3 unspecified atom stereocenters. The summed E-state index contributed by atoms with van der Waals surface area (Å²) in [6, 6.07) is 3.12. The summed E-state index contributed by atoms with van der Waals surface area (Å²) < 4.78 is 0. The summed E-state index contributed by atoms with van der Waals surface area (Å²) in [6.45, 7) is 6.48. The molecule has 0 heterocycles. The Morgan fingerprint density at radius 3 is 2.83 bits per heavy atom. The highest BCUT2D eigenvalue weighted by molar-refractivity contribution is 4.90. The Morgan fingerprint density at radius 1 is 1.44 bits per heavy atom. The van der Waals surface area contributed by atoms with Gasteiger partial charge in [-0.25, -0.2) is 0 Å². The molecule has 0 aromatic heterocycles. The van der Waals surface area contributed by atoms with Crippen LogP contribution in [0, 0.1) is 17.2 Å². The molecule has 0 spiro atoms. The smallest absolute Gasteiger partial charge is 0.0965 e. The molecule has 1 N–H and O–H groups in total. The second-order valence-corrected chi connectivity index (χ2v) is 5.83. The Bertz CT molecular complexity index is 259. The van der Waals surface area contributed by atoms with Crippen LogP contribution in [0.3, 0.4) is 0 Å². The van der Waals surface area contributed by atoms with Gasteiger partial charge in [0.2, 0.25) is 0 Å². The summed E-state index contributed by atoms with van der Waals surface area (Å²) in [5.74, 6) is 0.871. The van der Waals surface area contributed by atoms with E-state index in [9.17, 15) is 0 Å². The molecule has 3 nitrogen and oxygen atoms in total. The first-order valence-electron chi connectivity index (χ1n) is 7.50. The lowest BCUT2D eigenvalue weighted by Gasteiger charge is -2.34. The molecule has 0 aromatic carbocycles. The fourth-order valence-electron chi connectivity index (χ4n) is 2.85. The molecule has 0 amide bonds. The molecule has 1 saturated carbocycles. The summed E-state index contributed by atoms with van der Waals surface area (Å²) in [5.41, 5.74) is 0. The number of rotatable bonds is 7. The summed E-state index contributed by atoms with van der Waals surface area (Å²) in [5, 5.41) is 12.4. The van der Waals surface area contributed by atoms with E-state index in [4.69, 9.17) is 5.26 Å². The van der Waals surface area contributed by atoms with Crippen LogP contribution in [0.25, 0.3) is 0 Å². The standard InChI is InChI=1S/C15H29N3/c1-4-9-17-14(12-16)8-10-18(3)15-7-5-6-13(2)11-15/h13-15,17H,4-11H2,1-3H3. The average molecular weight is 251 g/mol. The minimum absolute atomic E-state index is 0.0217. The van der Waals surface area contributed by atoms with E-state index in [1.54, 1.807) is 0 Å². The predicted molar refractivity (Wildman–Crippen MR) is 76.4 cm³/mol. The number of nitriles is 1. The topological polar surface area (TPSA) is 39.1 Å². The maximum atomic E-state index is 9.09. The van der Waals surface area contributed by atoms with Crippen LogP contribution in [-0.4, -0.2) is 37.1 Å². The minimum Gasteiger partial charge on any atom is -0.303 e. The molecule has 0 bridgehead atoms. The van der Waals surface area contributed by atoms with Gasteiger partial charge in [-0.15, -0.1) is 0 Å². The van der Waals surface area contributed by atoms with Crippen molar-refractivity contribution >= 4 is 0 Å². The van der Waals surface area contributed by atoms with Gasteiger partial charge in [0, 0.05) is 12.6 Å². The molecule has 18 heavy (non-hydrogen) atoms. The highest BCUT2D eigenvalue weighted by Gasteiger charge is 2.22. The van der Waals surface area contributed by atoms with Gasteiger partial charge in [0.25, 0.3) is 0 Å². The lowest BCUT2D eigenvalue weighted by atomic mass is 9.86. The molecule has 3 heteroatoms. The van der Waals surface area contributed by atoms with Crippen LogP contribution in [0.5, 0.6) is 0 Å². The van der Waals surface area contributed by atoms with E-state index in [2.05, 4.69) is 37.2 Å². The molecule has 3 atom stereocenters. The van der Waals surface area contributed by atoms with E-state index in [1.165, 1.54) is 25.7 Å². The second-order valence-electron chi connectivity index (χ2n) is 5.83. The van der Waals surface area contributed by atoms with Gasteiger partial charge in [-0.1, -0.05) is 26.7 Å². The fourth-order valence-corrected chi connectivity index (χ4v) is 2.85. The second kappa shape index (κ2) is 8.50. The maximum Gasteiger partial charge on any atom is 0.0965 e. The fraction of sp³-hybridized carbons (Fsp3) is 0.933. The van der Waals surface area contributed by atoms with Gasteiger partial charge >= 0.3 is 0 Å². The van der Waals surface area contributed by atoms with E-state index < -0.39 is 0 Å². The van der Waals surface area contributed by atoms with Crippen LogP contribution < -0.4 is 5.32 Å². The quantitative estimate of drug-likeness (QED) is 0.756. The van der Waals surface area contributed by atoms with Crippen LogP contribution >= 0.6 is 0 Å². The van der Waals surface area contributed by atoms with Crippen molar-refractivity contribution in [3.05, 3.63) is 0 Å². The van der Waals surface area contributed by atoms with Gasteiger partial charge in [0.15, 0.2) is 0 Å². The molecule has 1 rings (SSSR count). The number of hydrogen-bond acceptors (Lipinski definition) is 3. The zero-order chi connectivity index (χ0) is 13.4. The third-order valence-electron chi connectivity index (χ3n) is 4.10. The van der Waals surface area contributed by atoms with Crippen LogP contribution in [0.2, 0.25) is 0 Å². The van der Waals surface area contributed by atoms with Crippen molar-refractivity contribution in [1.82, 2.24) is 10.2 Å². The van der Waals surface area contributed by atoms with Crippen molar-refractivity contribution in [3.8, 4) is 6.07 Å². The molecule has 1 aliphatic carbocycles. The lowest BCUT2D eigenvalue weighted by molar-refractivity contribution is 0.160. The van der Waals surface area contributed by atoms with E-state index in [0.717, 1.165) is 37.9 Å². The lowest BCUT2D eigenvalue weighted by Crippen LogP contribution is -2.39. The molecule has 1 aliphatic rings. The Labute approximate surface area is 113 Å². The van der Waals surface area contributed by atoms with Crippen molar-refractivity contribution in [2.75, 3.05) is 20.1 Å². The van der Waals surface area contributed by atoms with E-state index in [-0.39, 0.29) is 6.04 Å². The van der Waals surface area contributed by atoms with Gasteiger partial charge < -0.3 is 10.2 Å². The molecule has 0 aromatic rings. The van der Waals surface area contributed by atoms with Crippen molar-refractivity contribution in [2.45, 2.75) is 64.5 Å². The first-order chi connectivity index (χ1) is 8.67. The molecule has 0 saturated heterocycles. The Morgan fingerprint density at radius 2 is 2.22 bits per heavy atom. The highest BCUT2D eigenvalue weighted by atomic mass is 15.1. The molecule has 1 fully saturated rings. The van der Waals surface area contributed by atoms with E-state index >= 15 is 0 Å². The van der Waals surface area contributed by atoms with Gasteiger partial charge in [0.05, 0.1) is 12.1 Å². The molecule has 0 aliphatic heterocycles. The van der Waals surface area contributed by atoms with Crippen LogP contribution in [0.15, 0.2) is 0 Å². The molecular formula is C15H29N3. The Balaban J connectivity index is 2.26. The first-order valence-corrected chi connectivity index (χ1v) is 7.50. The van der Waals surface area contributed by atoms with Crippen LogP contribution in [0.4, 0.5) is 0 Å². The van der Waals surface area contributed by atoms with E-state index in [1.807, 2.05) is 0 Å². The van der Waals surface area contributed by atoms with Crippen molar-refractivity contribution in [3.63, 3.8) is 0 Å². The zero-order valence-electron chi connectivity index (χ0n) is 12.3. The minimum atomic E-state index is 0.0217. The third-order valence-corrected chi connectivity index (χ3v) is 4.10. The number of nitrogens with one attached hydrogen (secondary N) is 1. The molecule has 0 radical (unpaired) electrons. The third kappa shape index (κ3) is 5.37. The van der Waals surface area contributed by atoms with Crippen molar-refractivity contribution in [1.29, 1.82) is 5.26 Å². The largest absolute Gasteiger partial charge is 0.303 e. The normalized spacial score (nSPS) is 25.9. The number of hydrogen-bond donors (Lipinski definition) is 1. The predicted octanol–water partition coefficient (Wildman–Crippen LogP) is 2.78. The van der Waals surface area contributed by atoms with Gasteiger partial charge in [0.1, 0.15) is 0 Å². The Kier molecular flexibility index (Phi) is 7.31. The van der Waals surface area contributed by atoms with Crippen molar-refractivity contribution < 1.29 is 0 Å². The first kappa shape index (κ1) is 15.5. The summed E-state index contributed by atoms with van der Waals surface area (Å²) >= 11 is 0. The van der Waals surface area contributed by atoms with E-state index in [0.29, 0.717) is 0 Å². The SMILES string of the molecule is CCCNC(C#N)CCN(C)C1CCCC(C)C1. The monoisotopic (exact) mass is 251 g/mol. The van der Waals surface area contributed by atoms with Crippen LogP contribution in [0.1, 0.15) is 52.4 Å². The zero-order valence-corrected chi connectivity index (χ0v) is 12.3. The van der Waals surface area contributed by atoms with Gasteiger partial charge in [-0.3, -0.25) is 0 Å². The molecular weight excluding hydrogens is 222 g/mol. The van der Waals surface area contributed by atoms with Gasteiger partial charge in [-0.2, -0.15) is 5.26 Å². The van der Waals surface area contributed by atoms with Crippen molar-refractivity contribution in [2.24, 2.45) is 5.92 Å². The number of nitrogens with zero attached hydrogens (tertiary/aromatic N) is 2. The maximum absolute atomic E-state index is 9.09. The van der Waals surface area contributed by atoms with Gasteiger partial charge in [-0.05, 0) is 45.2 Å². The highest BCUT2D eigenvalue weighted by Crippen LogP contribution is 2.26. The summed E-state index contributed by atoms with van der Waals surface area (Å²) in [6.07, 6.45) is 7.46. The van der Waals surface area contributed by atoms with Crippen LogP contribution in [-0.2, 0) is 0 Å². The summed E-state index contributed by atoms with van der Waals surface area (Å²) in [7, 11) is 2.22. The Hall–Kier alpha value is -0.590. The molecule has 104 valence electrons. The summed E-state index contributed by atoms with van der Waals surface area (Å²) in [4.78, 5) is 2.47.